The Hall–Kier alpha value is -3.49. The number of hydrogen-bond donors (Lipinski definition) is 1. The van der Waals surface area contributed by atoms with Gasteiger partial charge < -0.3 is 5.32 Å². The van der Waals surface area contributed by atoms with Gasteiger partial charge in [-0.15, -0.1) is 11.3 Å². The molecule has 0 bridgehead atoms. The summed E-state index contributed by atoms with van der Waals surface area (Å²) in [4.78, 5) is 44.4. The molecule has 8 heteroatoms. The normalized spacial score (nSPS) is 15.4. The maximum atomic E-state index is 13.0. The highest BCUT2D eigenvalue weighted by Crippen LogP contribution is 2.31. The van der Waals surface area contributed by atoms with Gasteiger partial charge in [-0.3, -0.25) is 24.3 Å². The van der Waals surface area contributed by atoms with Crippen LogP contribution in [0.3, 0.4) is 0 Å². The van der Waals surface area contributed by atoms with E-state index in [-0.39, 0.29) is 30.1 Å². The van der Waals surface area contributed by atoms with Crippen molar-refractivity contribution in [3.8, 4) is 0 Å². The van der Waals surface area contributed by atoms with Gasteiger partial charge in [-0.1, -0.05) is 42.0 Å². The van der Waals surface area contributed by atoms with Gasteiger partial charge in [0.15, 0.2) is 0 Å². The zero-order valence-corrected chi connectivity index (χ0v) is 19.5. The van der Waals surface area contributed by atoms with Gasteiger partial charge in [0.05, 0.1) is 10.5 Å². The molecule has 33 heavy (non-hydrogen) atoms. The van der Waals surface area contributed by atoms with Crippen LogP contribution in [0.1, 0.15) is 21.6 Å². The molecule has 0 radical (unpaired) electrons. The molecule has 1 aromatic carbocycles. The van der Waals surface area contributed by atoms with Gasteiger partial charge in [0.25, 0.3) is 17.1 Å². The van der Waals surface area contributed by atoms with Crippen molar-refractivity contribution < 1.29 is 14.4 Å². The first-order valence-electron chi connectivity index (χ1n) is 10.3. The molecule has 0 unspecified atom stereocenters. The van der Waals surface area contributed by atoms with E-state index in [4.69, 9.17) is 0 Å². The van der Waals surface area contributed by atoms with E-state index in [0.29, 0.717) is 10.5 Å². The van der Waals surface area contributed by atoms with Crippen molar-refractivity contribution in [1.29, 1.82) is 0 Å². The second-order valence-corrected chi connectivity index (χ2v) is 9.27. The average molecular weight is 476 g/mol. The number of imide groups is 1. The molecule has 0 atom stereocenters. The monoisotopic (exact) mass is 475 g/mol. The summed E-state index contributed by atoms with van der Waals surface area (Å²) < 4.78 is 0. The van der Waals surface area contributed by atoms with E-state index in [2.05, 4.69) is 10.3 Å². The number of thioether (sulfide) groups is 1. The van der Waals surface area contributed by atoms with Gasteiger partial charge in [-0.25, -0.2) is 0 Å². The highest BCUT2D eigenvalue weighted by atomic mass is 32.2. The molecule has 0 saturated carbocycles. The molecule has 0 spiro atoms. The molecule has 166 valence electrons. The average Bonchev–Trinajstić information content (AvgIpc) is 3.42. The van der Waals surface area contributed by atoms with Gasteiger partial charge >= 0.3 is 0 Å². The Morgan fingerprint density at radius 1 is 1.12 bits per heavy atom. The van der Waals surface area contributed by atoms with E-state index in [1.807, 2.05) is 60.8 Å². The fraction of sp³-hybridized carbons (Fsp3) is 0.120. The molecule has 3 amide bonds. The lowest BCUT2D eigenvalue weighted by Crippen LogP contribution is -2.37. The number of hydrogen-bond acceptors (Lipinski definition) is 6. The largest absolute Gasteiger partial charge is 0.350 e. The van der Waals surface area contributed by atoms with E-state index in [1.165, 1.54) is 11.3 Å². The zero-order chi connectivity index (χ0) is 23.2. The van der Waals surface area contributed by atoms with Crippen LogP contribution in [0, 0.1) is 6.92 Å². The number of rotatable bonds is 7. The summed E-state index contributed by atoms with van der Waals surface area (Å²) in [5.41, 5.74) is 3.33. The number of aromatic nitrogens is 1. The molecule has 1 aliphatic heterocycles. The Labute approximate surface area is 200 Å². The molecule has 3 aromatic rings. The zero-order valence-electron chi connectivity index (χ0n) is 17.9. The summed E-state index contributed by atoms with van der Waals surface area (Å²) in [5.74, 6) is -0.617. The first-order chi connectivity index (χ1) is 16.0. The number of carbonyl (C=O) groups is 3. The number of amides is 3. The Bertz CT molecular complexity index is 1230. The molecular formula is C25H21N3O3S2. The Balaban J connectivity index is 1.42. The van der Waals surface area contributed by atoms with Crippen molar-refractivity contribution in [3.05, 3.63) is 92.8 Å². The van der Waals surface area contributed by atoms with Gasteiger partial charge in [-0.05, 0) is 59.5 Å². The number of thiophene rings is 1. The lowest BCUT2D eigenvalue weighted by molar-refractivity contribution is -0.123. The summed E-state index contributed by atoms with van der Waals surface area (Å²) >= 11 is 2.37. The van der Waals surface area contributed by atoms with Crippen LogP contribution in [0.2, 0.25) is 0 Å². The van der Waals surface area contributed by atoms with E-state index in [9.17, 15) is 14.4 Å². The fourth-order valence-corrected chi connectivity index (χ4v) is 4.89. The Morgan fingerprint density at radius 3 is 2.70 bits per heavy atom. The van der Waals surface area contributed by atoms with Crippen LogP contribution in [-0.2, 0) is 9.59 Å². The summed E-state index contributed by atoms with van der Waals surface area (Å²) in [6.45, 7) is 2.26. The van der Waals surface area contributed by atoms with Crippen molar-refractivity contribution in [2.45, 2.75) is 6.92 Å². The van der Waals surface area contributed by atoms with Gasteiger partial charge in [0.2, 0.25) is 0 Å². The summed E-state index contributed by atoms with van der Waals surface area (Å²) in [7, 11) is 0. The van der Waals surface area contributed by atoms with Crippen LogP contribution in [0.25, 0.3) is 17.7 Å². The summed E-state index contributed by atoms with van der Waals surface area (Å²) in [6, 6.07) is 15.3. The fourth-order valence-electron chi connectivity index (χ4n) is 3.29. The third-order valence-electron chi connectivity index (χ3n) is 4.86. The molecule has 6 nitrogen and oxygen atoms in total. The summed E-state index contributed by atoms with van der Waals surface area (Å²) in [5, 5.41) is 4.42. The maximum Gasteiger partial charge on any atom is 0.293 e. The lowest BCUT2D eigenvalue weighted by Gasteiger charge is -2.14. The molecule has 2 aromatic heterocycles. The van der Waals surface area contributed by atoms with E-state index < -0.39 is 0 Å². The van der Waals surface area contributed by atoms with Crippen molar-refractivity contribution >= 4 is 57.9 Å². The molecule has 1 N–H and O–H groups in total. The van der Waals surface area contributed by atoms with Gasteiger partial charge in [-0.2, -0.15) is 0 Å². The van der Waals surface area contributed by atoms with Crippen molar-refractivity contribution in [2.75, 3.05) is 13.1 Å². The van der Waals surface area contributed by atoms with Crippen molar-refractivity contribution in [3.63, 3.8) is 0 Å². The molecule has 0 aliphatic carbocycles. The predicted molar refractivity (Wildman–Crippen MR) is 133 cm³/mol. The number of carbonyl (C=O) groups excluding carboxylic acids is 3. The highest BCUT2D eigenvalue weighted by Gasteiger charge is 2.34. The van der Waals surface area contributed by atoms with Gasteiger partial charge in [0.1, 0.15) is 0 Å². The van der Waals surface area contributed by atoms with Crippen LogP contribution in [0.4, 0.5) is 4.79 Å². The predicted octanol–water partition coefficient (Wildman–Crippen LogP) is 4.84. The minimum atomic E-state index is -0.364. The van der Waals surface area contributed by atoms with Crippen LogP contribution < -0.4 is 5.32 Å². The molecular weight excluding hydrogens is 454 g/mol. The number of nitrogens with one attached hydrogen (secondary N) is 1. The SMILES string of the molecule is Cc1cccc(/C=C(/C(=O)NCCN2C(=O)S/C(=C/c3cccnc3)C2=O)c2cccs2)c1. The van der Waals surface area contributed by atoms with E-state index in [0.717, 1.165) is 38.2 Å². The second-order valence-electron chi connectivity index (χ2n) is 7.33. The Morgan fingerprint density at radius 2 is 1.97 bits per heavy atom. The van der Waals surface area contributed by atoms with Crippen molar-refractivity contribution in [2.24, 2.45) is 0 Å². The van der Waals surface area contributed by atoms with Crippen LogP contribution in [-0.4, -0.2) is 40.0 Å². The molecule has 1 aliphatic rings. The third kappa shape index (κ3) is 5.66. The minimum Gasteiger partial charge on any atom is -0.350 e. The molecule has 4 rings (SSSR count). The van der Waals surface area contributed by atoms with Gasteiger partial charge in [0, 0.05) is 30.4 Å². The molecule has 3 heterocycles. The third-order valence-corrected chi connectivity index (χ3v) is 6.67. The summed E-state index contributed by atoms with van der Waals surface area (Å²) in [6.07, 6.45) is 6.77. The van der Waals surface area contributed by atoms with E-state index >= 15 is 0 Å². The number of nitrogens with zero attached hydrogens (tertiary/aromatic N) is 2. The van der Waals surface area contributed by atoms with Crippen LogP contribution >= 0.6 is 23.1 Å². The molecule has 1 saturated heterocycles. The molecule has 1 fully saturated rings. The van der Waals surface area contributed by atoms with Crippen LogP contribution in [0.15, 0.2) is 71.2 Å². The van der Waals surface area contributed by atoms with Crippen molar-refractivity contribution in [1.82, 2.24) is 15.2 Å². The Kier molecular flexibility index (Phi) is 7.16. The first-order valence-corrected chi connectivity index (χ1v) is 12.0. The maximum absolute atomic E-state index is 13.0. The first kappa shape index (κ1) is 22.7. The lowest BCUT2D eigenvalue weighted by atomic mass is 10.1. The topological polar surface area (TPSA) is 79.4 Å². The second kappa shape index (κ2) is 10.4. The van der Waals surface area contributed by atoms with E-state index in [1.54, 1.807) is 24.5 Å². The quantitative estimate of drug-likeness (QED) is 0.495. The number of aryl methyl sites for hydroxylation is 1. The standard InChI is InChI=1S/C25H21N3O3S2/c1-17-5-2-6-18(13-17)14-20(21-8-4-12-32-21)23(29)27-10-11-28-24(30)22(33-25(28)31)15-19-7-3-9-26-16-19/h2-9,12-16H,10-11H2,1H3,(H,27,29)/b20-14+,22-15+. The number of benzene rings is 1. The smallest absolute Gasteiger partial charge is 0.293 e. The minimum absolute atomic E-state index is 0.100. The highest BCUT2D eigenvalue weighted by molar-refractivity contribution is 8.18. The van der Waals surface area contributed by atoms with Crippen LogP contribution in [0.5, 0.6) is 0 Å². The number of pyridine rings is 1.